The van der Waals surface area contributed by atoms with Crippen molar-refractivity contribution in [1.29, 1.82) is 0 Å². The van der Waals surface area contributed by atoms with Gasteiger partial charge in [0, 0.05) is 16.1 Å². The molecular weight excluding hydrogens is 319 g/mol. The number of halogens is 2. The molecule has 0 heterocycles. The van der Waals surface area contributed by atoms with Gasteiger partial charge in [-0.05, 0) is 60.4 Å². The van der Waals surface area contributed by atoms with Crippen molar-refractivity contribution >= 4 is 35.2 Å². The highest BCUT2D eigenvalue weighted by Gasteiger charge is 2.04. The second-order valence-corrected chi connectivity index (χ2v) is 5.60. The monoisotopic (exact) mass is 334 g/mol. The van der Waals surface area contributed by atoms with Crippen molar-refractivity contribution in [3.8, 4) is 0 Å². The van der Waals surface area contributed by atoms with Gasteiger partial charge in [0.1, 0.15) is 0 Å². The summed E-state index contributed by atoms with van der Waals surface area (Å²) in [6.07, 6.45) is 3.88. The van der Waals surface area contributed by atoms with Gasteiger partial charge in [0.05, 0.1) is 6.61 Å². The van der Waals surface area contributed by atoms with E-state index in [2.05, 4.69) is 0 Å². The molecule has 0 saturated carbocycles. The normalized spacial score (nSPS) is 10.9. The zero-order chi connectivity index (χ0) is 15.9. The summed E-state index contributed by atoms with van der Waals surface area (Å²) in [5, 5.41) is 1.34. The van der Waals surface area contributed by atoms with E-state index < -0.39 is 0 Å². The second kappa shape index (κ2) is 8.02. The maximum absolute atomic E-state index is 11.5. The second-order valence-electron chi connectivity index (χ2n) is 4.73. The quantitative estimate of drug-likeness (QED) is 0.557. The largest absolute Gasteiger partial charge is 0.463 e. The number of esters is 1. The van der Waals surface area contributed by atoms with Crippen LogP contribution in [-0.4, -0.2) is 12.6 Å². The minimum Gasteiger partial charge on any atom is -0.463 e. The first-order valence-electron chi connectivity index (χ1n) is 6.96. The average molecular weight is 335 g/mol. The molecule has 0 saturated heterocycles. The molecule has 0 aliphatic carbocycles. The molecule has 0 aliphatic heterocycles. The van der Waals surface area contributed by atoms with Gasteiger partial charge in [0.25, 0.3) is 0 Å². The summed E-state index contributed by atoms with van der Waals surface area (Å²) in [5.74, 6) is -0.361. The Morgan fingerprint density at radius 3 is 2.45 bits per heavy atom. The summed E-state index contributed by atoms with van der Waals surface area (Å²) in [6.45, 7) is 2.13. The Labute approximate surface area is 140 Å². The van der Waals surface area contributed by atoms with Crippen LogP contribution in [0.15, 0.2) is 48.5 Å². The van der Waals surface area contributed by atoms with Crippen molar-refractivity contribution in [2.45, 2.75) is 13.3 Å². The number of rotatable bonds is 5. The molecule has 2 rings (SSSR count). The van der Waals surface area contributed by atoms with Crippen LogP contribution in [0, 0.1) is 0 Å². The molecule has 0 atom stereocenters. The lowest BCUT2D eigenvalue weighted by molar-refractivity contribution is -0.137. The number of carbonyl (C=O) groups excluding carboxylic acids is 1. The summed E-state index contributed by atoms with van der Waals surface area (Å²) in [7, 11) is 0. The maximum atomic E-state index is 11.5. The van der Waals surface area contributed by atoms with Crippen LogP contribution in [0.1, 0.15) is 23.6 Å². The van der Waals surface area contributed by atoms with Crippen LogP contribution in [0.3, 0.4) is 0 Å². The Balaban J connectivity index is 2.23. The Morgan fingerprint density at radius 2 is 1.77 bits per heavy atom. The fraction of sp³-hybridized carbons (Fsp3) is 0.167. The van der Waals surface area contributed by atoms with E-state index in [0.717, 1.165) is 23.1 Å². The molecule has 2 aromatic carbocycles. The van der Waals surface area contributed by atoms with Gasteiger partial charge in [0.2, 0.25) is 0 Å². The molecule has 22 heavy (non-hydrogen) atoms. The Bertz CT molecular complexity index is 676. The Morgan fingerprint density at radius 1 is 1.09 bits per heavy atom. The number of ether oxygens (including phenoxy) is 1. The van der Waals surface area contributed by atoms with E-state index in [4.69, 9.17) is 27.9 Å². The zero-order valence-electron chi connectivity index (χ0n) is 12.2. The first kappa shape index (κ1) is 16.6. The fourth-order valence-electron chi connectivity index (χ4n) is 2.05. The molecule has 0 N–H and O–H groups in total. The van der Waals surface area contributed by atoms with Crippen LogP contribution in [0.4, 0.5) is 0 Å². The third-order valence-corrected chi connectivity index (χ3v) is 3.59. The van der Waals surface area contributed by atoms with E-state index in [1.54, 1.807) is 13.0 Å². The van der Waals surface area contributed by atoms with Crippen molar-refractivity contribution < 1.29 is 9.53 Å². The van der Waals surface area contributed by atoms with Crippen LogP contribution in [0.5, 0.6) is 0 Å². The lowest BCUT2D eigenvalue weighted by Gasteiger charge is -2.07. The van der Waals surface area contributed by atoms with Crippen LogP contribution in [0.2, 0.25) is 10.0 Å². The summed E-state index contributed by atoms with van der Waals surface area (Å²) in [5.41, 5.74) is 3.11. The summed E-state index contributed by atoms with van der Waals surface area (Å²) < 4.78 is 4.89. The first-order chi connectivity index (χ1) is 10.6. The van der Waals surface area contributed by atoms with Gasteiger partial charge >= 0.3 is 5.97 Å². The summed E-state index contributed by atoms with van der Waals surface area (Å²) >= 11 is 12.0. The number of hydrogen-bond acceptors (Lipinski definition) is 2. The van der Waals surface area contributed by atoms with Gasteiger partial charge in [-0.2, -0.15) is 0 Å². The van der Waals surface area contributed by atoms with Crippen molar-refractivity contribution in [2.75, 3.05) is 6.61 Å². The minimum atomic E-state index is -0.361. The molecule has 4 heteroatoms. The van der Waals surface area contributed by atoms with Gasteiger partial charge in [-0.3, -0.25) is 0 Å². The SMILES string of the molecule is CCOC(=O)/C=C/c1cc(Cl)ccc1Cc1ccc(Cl)cc1. The predicted molar refractivity (Wildman–Crippen MR) is 91.4 cm³/mol. The van der Waals surface area contributed by atoms with Gasteiger partial charge in [-0.1, -0.05) is 41.4 Å². The van der Waals surface area contributed by atoms with Crippen molar-refractivity contribution in [1.82, 2.24) is 0 Å². The Kier molecular flexibility index (Phi) is 6.05. The fourth-order valence-corrected chi connectivity index (χ4v) is 2.36. The molecular formula is C18H16Cl2O2. The minimum absolute atomic E-state index is 0.357. The van der Waals surface area contributed by atoms with E-state index in [1.165, 1.54) is 6.08 Å². The summed E-state index contributed by atoms with van der Waals surface area (Å²) in [4.78, 5) is 11.5. The Hall–Kier alpha value is -1.77. The van der Waals surface area contributed by atoms with Crippen LogP contribution in [-0.2, 0) is 16.0 Å². The molecule has 114 valence electrons. The van der Waals surface area contributed by atoms with Gasteiger partial charge in [0.15, 0.2) is 0 Å². The van der Waals surface area contributed by atoms with Gasteiger partial charge < -0.3 is 4.74 Å². The number of carbonyl (C=O) groups is 1. The average Bonchev–Trinajstić information content (AvgIpc) is 2.50. The van der Waals surface area contributed by atoms with Crippen LogP contribution in [0.25, 0.3) is 6.08 Å². The van der Waals surface area contributed by atoms with Crippen LogP contribution < -0.4 is 0 Å². The molecule has 0 bridgehead atoms. The highest BCUT2D eigenvalue weighted by molar-refractivity contribution is 6.31. The molecule has 0 fully saturated rings. The molecule has 0 aliphatic rings. The highest BCUT2D eigenvalue weighted by Crippen LogP contribution is 2.21. The first-order valence-corrected chi connectivity index (χ1v) is 7.72. The van der Waals surface area contributed by atoms with Crippen molar-refractivity contribution in [3.05, 3.63) is 75.3 Å². The maximum Gasteiger partial charge on any atom is 0.330 e. The molecule has 0 radical (unpaired) electrons. The predicted octanol–water partition coefficient (Wildman–Crippen LogP) is 5.16. The van der Waals surface area contributed by atoms with E-state index >= 15 is 0 Å². The lowest BCUT2D eigenvalue weighted by atomic mass is 9.99. The molecule has 2 nitrogen and oxygen atoms in total. The molecule has 0 amide bonds. The number of benzene rings is 2. The van der Waals surface area contributed by atoms with Crippen molar-refractivity contribution in [3.63, 3.8) is 0 Å². The van der Waals surface area contributed by atoms with E-state index in [9.17, 15) is 4.79 Å². The standard InChI is InChI=1S/C18H16Cl2O2/c1-2-22-18(21)10-6-15-12-17(20)9-5-14(15)11-13-3-7-16(19)8-4-13/h3-10,12H,2,11H2,1H3/b10-6+. The van der Waals surface area contributed by atoms with Crippen molar-refractivity contribution in [2.24, 2.45) is 0 Å². The molecule has 2 aromatic rings. The van der Waals surface area contributed by atoms with Gasteiger partial charge in [-0.15, -0.1) is 0 Å². The van der Waals surface area contributed by atoms with Gasteiger partial charge in [-0.25, -0.2) is 4.79 Å². The molecule has 0 spiro atoms. The highest BCUT2D eigenvalue weighted by atomic mass is 35.5. The molecule has 0 aromatic heterocycles. The van der Waals surface area contributed by atoms with E-state index in [-0.39, 0.29) is 5.97 Å². The third kappa shape index (κ3) is 4.90. The summed E-state index contributed by atoms with van der Waals surface area (Å²) in [6, 6.07) is 13.3. The smallest absolute Gasteiger partial charge is 0.330 e. The van der Waals surface area contributed by atoms with Crippen LogP contribution >= 0.6 is 23.2 Å². The lowest BCUT2D eigenvalue weighted by Crippen LogP contribution is -1.99. The molecule has 0 unspecified atom stereocenters. The van der Waals surface area contributed by atoms with E-state index in [0.29, 0.717) is 16.7 Å². The number of hydrogen-bond donors (Lipinski definition) is 0. The zero-order valence-corrected chi connectivity index (χ0v) is 13.7. The third-order valence-electron chi connectivity index (χ3n) is 3.10. The van der Waals surface area contributed by atoms with E-state index in [1.807, 2.05) is 42.5 Å². The topological polar surface area (TPSA) is 26.3 Å².